The van der Waals surface area contributed by atoms with Gasteiger partial charge in [-0.3, -0.25) is 0 Å². The standard InChI is InChI=1S/C21H26N6O/c1-21(2,3)23-16-9-12-26(14-16)20-8-6-17(24-25-20)15-5-7-18(19(28)13-15)27-11-4-10-22-27/h4-8,10-11,13,16,23,28H,9,12,14H2,1-3H3. The minimum atomic E-state index is 0.112. The van der Waals surface area contributed by atoms with E-state index in [1.807, 2.05) is 30.3 Å². The predicted octanol–water partition coefficient (Wildman–Crippen LogP) is 3.00. The fraction of sp³-hybridized carbons (Fsp3) is 0.381. The SMILES string of the molecule is CC(C)(C)NC1CCN(c2ccc(-c3ccc(-n4cccn4)c(O)c3)nn2)C1. The van der Waals surface area contributed by atoms with Gasteiger partial charge in [0.05, 0.1) is 5.69 Å². The largest absolute Gasteiger partial charge is 0.506 e. The molecule has 1 aliphatic heterocycles. The number of nitrogens with zero attached hydrogens (tertiary/aromatic N) is 5. The third kappa shape index (κ3) is 3.99. The van der Waals surface area contributed by atoms with Crippen molar-refractivity contribution in [2.75, 3.05) is 18.0 Å². The molecule has 0 spiro atoms. The van der Waals surface area contributed by atoms with Crippen LogP contribution < -0.4 is 10.2 Å². The Morgan fingerprint density at radius 1 is 1.14 bits per heavy atom. The second kappa shape index (κ2) is 7.24. The van der Waals surface area contributed by atoms with Crippen LogP contribution in [0.1, 0.15) is 27.2 Å². The predicted molar refractivity (Wildman–Crippen MR) is 110 cm³/mol. The van der Waals surface area contributed by atoms with Crippen molar-refractivity contribution >= 4 is 5.82 Å². The van der Waals surface area contributed by atoms with Crippen molar-refractivity contribution in [2.45, 2.75) is 38.8 Å². The molecule has 0 aliphatic carbocycles. The van der Waals surface area contributed by atoms with Crippen molar-refractivity contribution in [1.29, 1.82) is 0 Å². The molecule has 0 saturated carbocycles. The maximum absolute atomic E-state index is 10.3. The molecule has 0 radical (unpaired) electrons. The molecule has 7 heteroatoms. The van der Waals surface area contributed by atoms with Gasteiger partial charge < -0.3 is 15.3 Å². The summed E-state index contributed by atoms with van der Waals surface area (Å²) in [6.45, 7) is 8.48. The zero-order chi connectivity index (χ0) is 19.7. The molecule has 28 heavy (non-hydrogen) atoms. The number of rotatable bonds is 4. The van der Waals surface area contributed by atoms with Crippen LogP contribution in [0, 0.1) is 0 Å². The molecule has 1 aromatic carbocycles. The van der Waals surface area contributed by atoms with Crippen LogP contribution in [0.25, 0.3) is 16.9 Å². The first kappa shape index (κ1) is 18.4. The lowest BCUT2D eigenvalue weighted by Gasteiger charge is -2.26. The van der Waals surface area contributed by atoms with E-state index in [0.717, 1.165) is 36.6 Å². The Hall–Kier alpha value is -2.93. The molecule has 2 aromatic heterocycles. The third-order valence-corrected chi connectivity index (χ3v) is 4.82. The fourth-order valence-corrected chi connectivity index (χ4v) is 3.63. The molecule has 146 valence electrons. The summed E-state index contributed by atoms with van der Waals surface area (Å²) >= 11 is 0. The number of hydrogen-bond acceptors (Lipinski definition) is 6. The summed E-state index contributed by atoms with van der Waals surface area (Å²) in [5, 5.41) is 27.0. The van der Waals surface area contributed by atoms with Crippen molar-refractivity contribution in [2.24, 2.45) is 0 Å². The van der Waals surface area contributed by atoms with E-state index in [2.05, 4.69) is 46.3 Å². The lowest BCUT2D eigenvalue weighted by Crippen LogP contribution is -2.45. The molecule has 1 atom stereocenters. The van der Waals surface area contributed by atoms with Crippen molar-refractivity contribution in [1.82, 2.24) is 25.3 Å². The molecular formula is C21H26N6O. The first-order valence-corrected chi connectivity index (χ1v) is 9.59. The Labute approximate surface area is 165 Å². The number of anilines is 1. The van der Waals surface area contributed by atoms with E-state index in [0.29, 0.717) is 11.7 Å². The van der Waals surface area contributed by atoms with Crippen molar-refractivity contribution < 1.29 is 5.11 Å². The summed E-state index contributed by atoms with van der Waals surface area (Å²) in [5.41, 5.74) is 2.30. The smallest absolute Gasteiger partial charge is 0.151 e. The number of aromatic hydroxyl groups is 1. The van der Waals surface area contributed by atoms with Gasteiger partial charge in [-0.1, -0.05) is 6.07 Å². The Morgan fingerprint density at radius 2 is 2.00 bits per heavy atom. The molecule has 1 saturated heterocycles. The third-order valence-electron chi connectivity index (χ3n) is 4.82. The number of benzene rings is 1. The van der Waals surface area contributed by atoms with E-state index in [-0.39, 0.29) is 11.3 Å². The molecule has 1 fully saturated rings. The zero-order valence-corrected chi connectivity index (χ0v) is 16.5. The summed E-state index contributed by atoms with van der Waals surface area (Å²) in [6, 6.07) is 11.7. The average molecular weight is 378 g/mol. The number of phenols is 1. The van der Waals surface area contributed by atoms with E-state index in [4.69, 9.17) is 0 Å². The second-order valence-corrected chi connectivity index (χ2v) is 8.26. The zero-order valence-electron chi connectivity index (χ0n) is 16.5. The Kier molecular flexibility index (Phi) is 4.77. The number of aromatic nitrogens is 4. The van der Waals surface area contributed by atoms with Gasteiger partial charge in [-0.25, -0.2) is 4.68 Å². The lowest BCUT2D eigenvalue weighted by atomic mass is 10.1. The fourth-order valence-electron chi connectivity index (χ4n) is 3.63. The molecule has 2 N–H and O–H groups in total. The van der Waals surface area contributed by atoms with Crippen molar-refractivity contribution in [3.63, 3.8) is 0 Å². The van der Waals surface area contributed by atoms with Crippen LogP contribution in [0.4, 0.5) is 5.82 Å². The van der Waals surface area contributed by atoms with Crippen molar-refractivity contribution in [3.05, 3.63) is 48.8 Å². The Bertz CT molecular complexity index is 931. The summed E-state index contributed by atoms with van der Waals surface area (Å²) < 4.78 is 1.63. The Balaban J connectivity index is 1.47. The molecule has 0 bridgehead atoms. The van der Waals surface area contributed by atoms with Gasteiger partial charge >= 0.3 is 0 Å². The van der Waals surface area contributed by atoms with E-state index < -0.39 is 0 Å². The maximum Gasteiger partial charge on any atom is 0.151 e. The van der Waals surface area contributed by atoms with Gasteiger partial charge in [0, 0.05) is 42.6 Å². The molecule has 3 aromatic rings. The van der Waals surface area contributed by atoms with Gasteiger partial charge in [0.25, 0.3) is 0 Å². The van der Waals surface area contributed by atoms with Gasteiger partial charge in [0.2, 0.25) is 0 Å². The van der Waals surface area contributed by atoms with Gasteiger partial charge in [-0.05, 0) is 57.5 Å². The van der Waals surface area contributed by atoms with Crippen LogP contribution in [0.15, 0.2) is 48.8 Å². The summed E-state index contributed by atoms with van der Waals surface area (Å²) in [5.74, 6) is 1.04. The van der Waals surface area contributed by atoms with Crippen LogP contribution in [-0.2, 0) is 0 Å². The monoisotopic (exact) mass is 378 g/mol. The number of hydrogen-bond donors (Lipinski definition) is 2. The van der Waals surface area contributed by atoms with Crippen LogP contribution in [0.3, 0.4) is 0 Å². The molecule has 1 aliphatic rings. The minimum absolute atomic E-state index is 0.112. The highest BCUT2D eigenvalue weighted by atomic mass is 16.3. The highest BCUT2D eigenvalue weighted by Crippen LogP contribution is 2.28. The van der Waals surface area contributed by atoms with Crippen LogP contribution >= 0.6 is 0 Å². The van der Waals surface area contributed by atoms with E-state index in [9.17, 15) is 5.11 Å². The summed E-state index contributed by atoms with van der Waals surface area (Å²) in [6.07, 6.45) is 4.57. The molecule has 3 heterocycles. The highest BCUT2D eigenvalue weighted by Gasteiger charge is 2.26. The quantitative estimate of drug-likeness (QED) is 0.727. The molecular weight excluding hydrogens is 352 g/mol. The van der Waals surface area contributed by atoms with Crippen LogP contribution in [0.5, 0.6) is 5.75 Å². The van der Waals surface area contributed by atoms with Crippen LogP contribution in [0.2, 0.25) is 0 Å². The first-order valence-electron chi connectivity index (χ1n) is 9.59. The van der Waals surface area contributed by atoms with Gasteiger partial charge in [-0.15, -0.1) is 10.2 Å². The lowest BCUT2D eigenvalue weighted by molar-refractivity contribution is 0.373. The Morgan fingerprint density at radius 3 is 2.64 bits per heavy atom. The van der Waals surface area contributed by atoms with E-state index in [1.165, 1.54) is 0 Å². The van der Waals surface area contributed by atoms with Gasteiger partial charge in [-0.2, -0.15) is 5.10 Å². The molecule has 1 unspecified atom stereocenters. The first-order chi connectivity index (χ1) is 13.4. The maximum atomic E-state index is 10.3. The highest BCUT2D eigenvalue weighted by molar-refractivity contribution is 5.65. The average Bonchev–Trinajstić information content (AvgIpc) is 3.32. The van der Waals surface area contributed by atoms with E-state index >= 15 is 0 Å². The van der Waals surface area contributed by atoms with E-state index in [1.54, 1.807) is 23.1 Å². The normalized spacial score (nSPS) is 17.2. The van der Waals surface area contributed by atoms with Crippen molar-refractivity contribution in [3.8, 4) is 22.7 Å². The van der Waals surface area contributed by atoms with Gasteiger partial charge in [0.15, 0.2) is 5.82 Å². The minimum Gasteiger partial charge on any atom is -0.506 e. The number of nitrogens with one attached hydrogen (secondary N) is 1. The molecule has 4 rings (SSSR count). The number of phenolic OH excluding ortho intramolecular Hbond substituents is 1. The topological polar surface area (TPSA) is 79.1 Å². The molecule has 7 nitrogen and oxygen atoms in total. The summed E-state index contributed by atoms with van der Waals surface area (Å²) in [4.78, 5) is 2.26. The molecule has 0 amide bonds. The van der Waals surface area contributed by atoms with Crippen LogP contribution in [-0.4, -0.2) is 49.8 Å². The van der Waals surface area contributed by atoms with Gasteiger partial charge in [0.1, 0.15) is 11.4 Å². The second-order valence-electron chi connectivity index (χ2n) is 8.26. The summed E-state index contributed by atoms with van der Waals surface area (Å²) in [7, 11) is 0.